The Labute approximate surface area is 77.5 Å². The van der Waals surface area contributed by atoms with E-state index in [9.17, 15) is 0 Å². The maximum absolute atomic E-state index is 4.43. The van der Waals surface area contributed by atoms with Crippen LogP contribution in [0.1, 0.15) is 39.0 Å². The summed E-state index contributed by atoms with van der Waals surface area (Å²) in [7, 11) is 2.73. The highest BCUT2D eigenvalue weighted by Crippen LogP contribution is 2.44. The van der Waals surface area contributed by atoms with E-state index in [1.54, 1.807) is 5.31 Å². The molecule has 0 N–H and O–H groups in total. The molecule has 1 saturated carbocycles. The zero-order chi connectivity index (χ0) is 8.39. The lowest BCUT2D eigenvalue weighted by atomic mass is 9.88. The zero-order valence-corrected chi connectivity index (χ0v) is 9.24. The molecule has 0 aromatic rings. The Hall–Kier alpha value is 0.140. The Balaban J connectivity index is 2.07. The third-order valence-electron chi connectivity index (χ3n) is 2.71. The maximum atomic E-state index is 4.43. The Morgan fingerprint density at radius 1 is 1.25 bits per heavy atom. The van der Waals surface area contributed by atoms with Gasteiger partial charge in [0.15, 0.2) is 0 Å². The van der Waals surface area contributed by atoms with Gasteiger partial charge in [0.1, 0.15) is 0 Å². The minimum atomic E-state index is 0.888. The second kappa shape index (κ2) is 3.90. The molecule has 3 heteroatoms. The van der Waals surface area contributed by atoms with E-state index >= 15 is 0 Å². The van der Waals surface area contributed by atoms with Crippen LogP contribution in [0.25, 0.3) is 0 Å². The largest absolute Gasteiger partial charge is 0.227 e. The predicted molar refractivity (Wildman–Crippen MR) is 55.2 cm³/mol. The van der Waals surface area contributed by atoms with Crippen LogP contribution in [0, 0.1) is 5.92 Å². The van der Waals surface area contributed by atoms with Crippen molar-refractivity contribution in [2.24, 2.45) is 5.92 Å². The van der Waals surface area contributed by atoms with Gasteiger partial charge in [0, 0.05) is 5.31 Å². The van der Waals surface area contributed by atoms with Crippen molar-refractivity contribution in [1.29, 1.82) is 0 Å². The van der Waals surface area contributed by atoms with Gasteiger partial charge in [0.25, 0.3) is 0 Å². The van der Waals surface area contributed by atoms with Gasteiger partial charge in [-0.3, -0.25) is 0 Å². The third-order valence-corrected chi connectivity index (χ3v) is 5.28. The summed E-state index contributed by atoms with van der Waals surface area (Å²) in [5, 5.41) is 6.08. The van der Waals surface area contributed by atoms with Crippen LogP contribution < -0.4 is 5.09 Å². The van der Waals surface area contributed by atoms with Crippen LogP contribution in [0.2, 0.25) is 0 Å². The minimum absolute atomic E-state index is 0.888. The number of allylic oxidation sites excluding steroid dienone is 2. The Bertz CT molecular complexity index is 227. The lowest BCUT2D eigenvalue weighted by Crippen LogP contribution is -2.07. The molecule has 2 rings (SSSR count). The molecule has 12 heavy (non-hydrogen) atoms. The number of hydrogen-bond donors (Lipinski definition) is 0. The number of rotatable bonds is 1. The summed E-state index contributed by atoms with van der Waals surface area (Å²) < 4.78 is 0. The quantitative estimate of drug-likeness (QED) is 0.562. The van der Waals surface area contributed by atoms with E-state index in [2.05, 4.69) is 12.0 Å². The zero-order valence-electron chi connectivity index (χ0n) is 7.45. The van der Waals surface area contributed by atoms with E-state index in [4.69, 9.17) is 0 Å². The van der Waals surface area contributed by atoms with E-state index in [1.165, 1.54) is 53.7 Å². The molecule has 2 aliphatic rings. The highest BCUT2D eigenvalue weighted by Gasteiger charge is 2.21. The van der Waals surface area contributed by atoms with Gasteiger partial charge in [0.05, 0.1) is 13.7 Å². The Morgan fingerprint density at radius 2 is 2.00 bits per heavy atom. The summed E-state index contributed by atoms with van der Waals surface area (Å²) >= 11 is 0. The summed E-state index contributed by atoms with van der Waals surface area (Å²) in [5.74, 6) is 0.888. The van der Waals surface area contributed by atoms with Gasteiger partial charge in [-0.05, 0) is 33.6 Å². The fourth-order valence-electron chi connectivity index (χ4n) is 2.01. The molecule has 0 aromatic carbocycles. The topological polar surface area (TPSA) is 14.1 Å². The molecular formula is C9H14NP2. The average molecular weight is 198 g/mol. The second-order valence-corrected chi connectivity index (χ2v) is 5.79. The summed E-state index contributed by atoms with van der Waals surface area (Å²) in [6.07, 6.45) is 7.17. The van der Waals surface area contributed by atoms with Crippen LogP contribution in [0.3, 0.4) is 0 Å². The monoisotopic (exact) mass is 198 g/mol. The van der Waals surface area contributed by atoms with E-state index < -0.39 is 0 Å². The standard InChI is InChI=1S/C9H14NP2/c1-7-9(11-12-10-7)8-5-3-2-4-6-8/h8H,2-6H2,1H3. The van der Waals surface area contributed by atoms with Gasteiger partial charge < -0.3 is 0 Å². The van der Waals surface area contributed by atoms with Crippen molar-refractivity contribution in [2.75, 3.05) is 0 Å². The second-order valence-electron chi connectivity index (χ2n) is 3.60. The molecule has 0 unspecified atom stereocenters. The van der Waals surface area contributed by atoms with E-state index in [0.29, 0.717) is 0 Å². The van der Waals surface area contributed by atoms with Gasteiger partial charge in [0.2, 0.25) is 0 Å². The molecule has 0 spiro atoms. The van der Waals surface area contributed by atoms with Crippen molar-refractivity contribution >= 4 is 15.9 Å². The van der Waals surface area contributed by atoms with Crippen LogP contribution in [0.15, 0.2) is 11.0 Å². The molecule has 1 fully saturated rings. The molecular weight excluding hydrogens is 184 g/mol. The SMILES string of the molecule is CC1=C(C2CCCCC2)P=P[N]1. The smallest absolute Gasteiger partial charge is 0.0699 e. The first kappa shape index (κ1) is 8.73. The highest BCUT2D eigenvalue weighted by molar-refractivity contribution is 7.85. The molecule has 0 bridgehead atoms. The van der Waals surface area contributed by atoms with Crippen molar-refractivity contribution in [3.05, 3.63) is 11.0 Å². The number of hydrogen-bond acceptors (Lipinski definition) is 0. The molecule has 0 amide bonds. The Morgan fingerprint density at radius 3 is 2.58 bits per heavy atom. The summed E-state index contributed by atoms with van der Waals surface area (Å²) in [6, 6.07) is 0. The first-order valence-corrected chi connectivity index (χ1v) is 7.15. The van der Waals surface area contributed by atoms with Gasteiger partial charge in [-0.25, -0.2) is 5.09 Å². The first-order chi connectivity index (χ1) is 5.88. The molecule has 1 nitrogen and oxygen atoms in total. The third kappa shape index (κ3) is 1.73. The minimum Gasteiger partial charge on any atom is -0.227 e. The Kier molecular flexibility index (Phi) is 2.84. The van der Waals surface area contributed by atoms with Gasteiger partial charge in [-0.2, -0.15) is 0 Å². The molecule has 1 aliphatic carbocycles. The summed E-state index contributed by atoms with van der Waals surface area (Å²) in [5.41, 5.74) is 1.34. The van der Waals surface area contributed by atoms with Crippen LogP contribution in [0.4, 0.5) is 0 Å². The molecule has 65 valence electrons. The van der Waals surface area contributed by atoms with Crippen molar-refractivity contribution in [2.45, 2.75) is 39.0 Å². The molecule has 1 heterocycles. The fraction of sp³-hybridized carbons (Fsp3) is 0.778. The predicted octanol–water partition coefficient (Wildman–Crippen LogP) is 4.14. The van der Waals surface area contributed by atoms with E-state index in [0.717, 1.165) is 5.92 Å². The normalized spacial score (nSPS) is 27.4. The van der Waals surface area contributed by atoms with Crippen LogP contribution >= 0.6 is 15.9 Å². The van der Waals surface area contributed by atoms with Crippen LogP contribution in [0.5, 0.6) is 0 Å². The average Bonchev–Trinajstić information content (AvgIpc) is 2.53. The molecule has 0 atom stereocenters. The lowest BCUT2D eigenvalue weighted by molar-refractivity contribution is 0.412. The first-order valence-electron chi connectivity index (χ1n) is 4.70. The van der Waals surface area contributed by atoms with Crippen molar-refractivity contribution < 1.29 is 0 Å². The van der Waals surface area contributed by atoms with Crippen molar-refractivity contribution in [1.82, 2.24) is 5.09 Å². The summed E-state index contributed by atoms with van der Waals surface area (Å²) in [6.45, 7) is 2.18. The fourth-order valence-corrected chi connectivity index (χ4v) is 4.84. The van der Waals surface area contributed by atoms with Gasteiger partial charge >= 0.3 is 0 Å². The van der Waals surface area contributed by atoms with Gasteiger partial charge in [-0.15, -0.1) is 0 Å². The summed E-state index contributed by atoms with van der Waals surface area (Å²) in [4.78, 5) is 0. The van der Waals surface area contributed by atoms with Gasteiger partial charge in [-0.1, -0.05) is 19.3 Å². The molecule has 0 aromatic heterocycles. The maximum Gasteiger partial charge on any atom is 0.0699 e. The van der Waals surface area contributed by atoms with Crippen LogP contribution in [-0.2, 0) is 0 Å². The van der Waals surface area contributed by atoms with E-state index in [1.807, 2.05) is 0 Å². The molecule has 1 radical (unpaired) electrons. The number of nitrogens with zero attached hydrogens (tertiary/aromatic N) is 1. The lowest BCUT2D eigenvalue weighted by Gasteiger charge is -2.21. The molecule has 1 aliphatic heterocycles. The van der Waals surface area contributed by atoms with Crippen molar-refractivity contribution in [3.63, 3.8) is 0 Å². The van der Waals surface area contributed by atoms with Crippen molar-refractivity contribution in [3.8, 4) is 0 Å². The highest BCUT2D eigenvalue weighted by atomic mass is 31.7. The van der Waals surface area contributed by atoms with Crippen LogP contribution in [-0.4, -0.2) is 0 Å². The molecule has 0 saturated heterocycles. The van der Waals surface area contributed by atoms with E-state index in [-0.39, 0.29) is 0 Å².